The van der Waals surface area contributed by atoms with Gasteiger partial charge in [0.25, 0.3) is 0 Å². The lowest BCUT2D eigenvalue weighted by molar-refractivity contribution is 0.269. The van der Waals surface area contributed by atoms with E-state index in [1.807, 2.05) is 6.07 Å². The van der Waals surface area contributed by atoms with Crippen molar-refractivity contribution >= 4 is 5.82 Å². The van der Waals surface area contributed by atoms with E-state index in [0.29, 0.717) is 11.5 Å². The van der Waals surface area contributed by atoms with Crippen LogP contribution in [0.5, 0.6) is 0 Å². The Hall–Kier alpha value is -1.56. The average Bonchev–Trinajstić information content (AvgIpc) is 2.81. The molecule has 1 aromatic rings. The van der Waals surface area contributed by atoms with Crippen molar-refractivity contribution < 1.29 is 0 Å². The van der Waals surface area contributed by atoms with Gasteiger partial charge < -0.3 is 5.32 Å². The first kappa shape index (κ1) is 13.9. The van der Waals surface area contributed by atoms with Gasteiger partial charge in [-0.25, -0.2) is 4.98 Å². The predicted octanol–water partition coefficient (Wildman–Crippen LogP) is 3.54. The molecule has 0 saturated heterocycles. The summed E-state index contributed by atoms with van der Waals surface area (Å²) in [5.41, 5.74) is 3.29. The Kier molecular flexibility index (Phi) is 3.80. The summed E-state index contributed by atoms with van der Waals surface area (Å²) in [7, 11) is 0. The van der Waals surface area contributed by atoms with Crippen molar-refractivity contribution in [2.45, 2.75) is 47.0 Å². The first-order chi connectivity index (χ1) is 8.94. The number of hydrogen-bond donors (Lipinski definition) is 1. The van der Waals surface area contributed by atoms with Crippen molar-refractivity contribution in [1.82, 2.24) is 4.98 Å². The molecule has 3 nitrogen and oxygen atoms in total. The molecule has 1 aromatic heterocycles. The molecule has 19 heavy (non-hydrogen) atoms. The smallest absolute Gasteiger partial charge is 0.144 e. The molecule has 1 aliphatic rings. The summed E-state index contributed by atoms with van der Waals surface area (Å²) in [4.78, 5) is 4.65. The zero-order valence-electron chi connectivity index (χ0n) is 12.4. The van der Waals surface area contributed by atoms with E-state index in [2.05, 4.69) is 44.1 Å². The van der Waals surface area contributed by atoms with Gasteiger partial charge in [-0.15, -0.1) is 0 Å². The van der Waals surface area contributed by atoms with Gasteiger partial charge in [0.1, 0.15) is 11.9 Å². The minimum absolute atomic E-state index is 0.188. The van der Waals surface area contributed by atoms with Gasteiger partial charge in [-0.2, -0.15) is 5.26 Å². The van der Waals surface area contributed by atoms with E-state index in [1.165, 1.54) is 11.3 Å². The van der Waals surface area contributed by atoms with E-state index >= 15 is 0 Å². The second kappa shape index (κ2) is 5.21. The molecule has 0 radical (unpaired) electrons. The first-order valence-corrected chi connectivity index (χ1v) is 7.11. The van der Waals surface area contributed by atoms with Crippen LogP contribution in [-0.2, 0) is 12.8 Å². The number of fused-ring (bicyclic) bond motifs is 1. The van der Waals surface area contributed by atoms with E-state index in [4.69, 9.17) is 0 Å². The van der Waals surface area contributed by atoms with Crippen molar-refractivity contribution in [3.05, 3.63) is 22.9 Å². The summed E-state index contributed by atoms with van der Waals surface area (Å²) in [6.45, 7) is 9.77. The lowest BCUT2D eigenvalue weighted by Gasteiger charge is -2.29. The van der Waals surface area contributed by atoms with Gasteiger partial charge >= 0.3 is 0 Å². The van der Waals surface area contributed by atoms with Crippen LogP contribution in [0.25, 0.3) is 0 Å². The summed E-state index contributed by atoms with van der Waals surface area (Å²) >= 11 is 0. The Morgan fingerprint density at radius 2 is 2.16 bits per heavy atom. The Labute approximate surface area is 116 Å². The molecule has 0 saturated carbocycles. The summed E-state index contributed by atoms with van der Waals surface area (Å²) < 4.78 is 0. The van der Waals surface area contributed by atoms with Gasteiger partial charge in [0.05, 0.1) is 5.56 Å². The third-order valence-corrected chi connectivity index (χ3v) is 4.45. The summed E-state index contributed by atoms with van der Waals surface area (Å²) in [5, 5.41) is 12.6. The van der Waals surface area contributed by atoms with Crippen LogP contribution >= 0.6 is 0 Å². The molecule has 2 rings (SSSR count). The van der Waals surface area contributed by atoms with Gasteiger partial charge in [-0.3, -0.25) is 0 Å². The van der Waals surface area contributed by atoms with Crippen LogP contribution in [0.3, 0.4) is 0 Å². The van der Waals surface area contributed by atoms with E-state index in [9.17, 15) is 5.26 Å². The standard InChI is InChI=1S/C16H23N3/c1-11(2)16(3,4)10-18-15-13(9-17)8-12-6-5-7-14(12)19-15/h8,11H,5-7,10H2,1-4H3,(H,18,19). The number of nitriles is 1. The predicted molar refractivity (Wildman–Crippen MR) is 78.1 cm³/mol. The zero-order valence-corrected chi connectivity index (χ0v) is 12.4. The minimum atomic E-state index is 0.188. The quantitative estimate of drug-likeness (QED) is 0.897. The number of nitrogens with one attached hydrogen (secondary N) is 1. The molecule has 0 spiro atoms. The second-order valence-corrected chi connectivity index (χ2v) is 6.45. The molecular formula is C16H23N3. The Bertz CT molecular complexity index is 509. The van der Waals surface area contributed by atoms with Crippen LogP contribution in [0.1, 0.15) is 50.9 Å². The third kappa shape index (κ3) is 2.89. The highest BCUT2D eigenvalue weighted by molar-refractivity contribution is 5.55. The van der Waals surface area contributed by atoms with Crippen LogP contribution in [0.4, 0.5) is 5.82 Å². The summed E-state index contributed by atoms with van der Waals surface area (Å²) in [6.07, 6.45) is 3.27. The molecule has 0 aromatic carbocycles. The van der Waals surface area contributed by atoms with Crippen molar-refractivity contribution in [2.75, 3.05) is 11.9 Å². The molecule has 1 aliphatic carbocycles. The maximum atomic E-state index is 9.26. The number of rotatable bonds is 4. The lowest BCUT2D eigenvalue weighted by Crippen LogP contribution is -2.29. The summed E-state index contributed by atoms with van der Waals surface area (Å²) in [6, 6.07) is 4.28. The number of aromatic nitrogens is 1. The number of nitrogens with zero attached hydrogens (tertiary/aromatic N) is 2. The fourth-order valence-corrected chi connectivity index (χ4v) is 2.21. The molecule has 0 amide bonds. The largest absolute Gasteiger partial charge is 0.368 e. The first-order valence-electron chi connectivity index (χ1n) is 7.11. The molecule has 1 heterocycles. The zero-order chi connectivity index (χ0) is 14.0. The van der Waals surface area contributed by atoms with Crippen LogP contribution in [-0.4, -0.2) is 11.5 Å². The Balaban J connectivity index is 2.19. The molecule has 3 heteroatoms. The molecule has 102 valence electrons. The monoisotopic (exact) mass is 257 g/mol. The highest BCUT2D eigenvalue weighted by atomic mass is 15.0. The fraction of sp³-hybridized carbons (Fsp3) is 0.625. The number of anilines is 1. The maximum Gasteiger partial charge on any atom is 0.144 e. The van der Waals surface area contributed by atoms with Crippen LogP contribution in [0.2, 0.25) is 0 Å². The van der Waals surface area contributed by atoms with E-state index in [0.717, 1.165) is 31.6 Å². The third-order valence-electron chi connectivity index (χ3n) is 4.45. The highest BCUT2D eigenvalue weighted by Gasteiger charge is 2.23. The fourth-order valence-electron chi connectivity index (χ4n) is 2.21. The van der Waals surface area contributed by atoms with Gasteiger partial charge in [-0.05, 0) is 42.2 Å². The highest BCUT2D eigenvalue weighted by Crippen LogP contribution is 2.28. The van der Waals surface area contributed by atoms with Crippen LogP contribution in [0.15, 0.2) is 6.07 Å². The van der Waals surface area contributed by atoms with E-state index in [1.54, 1.807) is 0 Å². The molecular weight excluding hydrogens is 234 g/mol. The molecule has 0 unspecified atom stereocenters. The van der Waals surface area contributed by atoms with E-state index in [-0.39, 0.29) is 5.41 Å². The Morgan fingerprint density at radius 1 is 1.42 bits per heavy atom. The topological polar surface area (TPSA) is 48.7 Å². The van der Waals surface area contributed by atoms with Crippen LogP contribution < -0.4 is 5.32 Å². The molecule has 0 atom stereocenters. The van der Waals surface area contributed by atoms with Gasteiger partial charge in [0, 0.05) is 12.2 Å². The SMILES string of the molecule is CC(C)C(C)(C)CNc1nc2c(cc1C#N)CCC2. The van der Waals surface area contributed by atoms with E-state index < -0.39 is 0 Å². The summed E-state index contributed by atoms with van der Waals surface area (Å²) in [5.74, 6) is 1.34. The average molecular weight is 257 g/mol. The van der Waals surface area contributed by atoms with Crippen molar-refractivity contribution in [1.29, 1.82) is 5.26 Å². The van der Waals surface area contributed by atoms with Crippen molar-refractivity contribution in [3.63, 3.8) is 0 Å². The molecule has 0 bridgehead atoms. The normalized spacial score (nSPS) is 14.3. The Morgan fingerprint density at radius 3 is 2.79 bits per heavy atom. The number of aryl methyl sites for hydroxylation is 2. The molecule has 1 N–H and O–H groups in total. The van der Waals surface area contributed by atoms with Gasteiger partial charge in [0.15, 0.2) is 0 Å². The van der Waals surface area contributed by atoms with Gasteiger partial charge in [-0.1, -0.05) is 27.7 Å². The minimum Gasteiger partial charge on any atom is -0.368 e. The molecule has 0 fully saturated rings. The number of hydrogen-bond acceptors (Lipinski definition) is 3. The molecule has 0 aliphatic heterocycles. The van der Waals surface area contributed by atoms with Crippen molar-refractivity contribution in [3.8, 4) is 6.07 Å². The van der Waals surface area contributed by atoms with Crippen molar-refractivity contribution in [2.24, 2.45) is 11.3 Å². The lowest BCUT2D eigenvalue weighted by atomic mass is 9.81. The van der Waals surface area contributed by atoms with Crippen LogP contribution in [0, 0.1) is 22.7 Å². The van der Waals surface area contributed by atoms with Gasteiger partial charge in [0.2, 0.25) is 0 Å². The number of pyridine rings is 1. The maximum absolute atomic E-state index is 9.26. The second-order valence-electron chi connectivity index (χ2n) is 6.45.